The summed E-state index contributed by atoms with van der Waals surface area (Å²) in [5, 5.41) is 2.49. The van der Waals surface area contributed by atoms with Gasteiger partial charge in [-0.25, -0.2) is 4.39 Å². The molecule has 0 aliphatic carbocycles. The molecule has 0 radical (unpaired) electrons. The minimum absolute atomic E-state index is 0.0109. The van der Waals surface area contributed by atoms with Crippen molar-refractivity contribution in [2.24, 2.45) is 0 Å². The first kappa shape index (κ1) is 18.7. The molecule has 6 nitrogen and oxygen atoms in total. The molecule has 0 atom stereocenters. The molecule has 2 aromatic rings. The quantitative estimate of drug-likeness (QED) is 0.833. The van der Waals surface area contributed by atoms with E-state index in [-0.39, 0.29) is 6.54 Å². The van der Waals surface area contributed by atoms with Crippen LogP contribution in [0.25, 0.3) is 0 Å². The van der Waals surface area contributed by atoms with E-state index in [1.807, 2.05) is 24.3 Å². The van der Waals surface area contributed by atoms with Crippen LogP contribution in [-0.4, -0.2) is 50.0 Å². The van der Waals surface area contributed by atoms with Gasteiger partial charge in [-0.3, -0.25) is 9.59 Å². The first-order chi connectivity index (χ1) is 13.1. The number of halogens is 1. The Morgan fingerprint density at radius 2 is 1.70 bits per heavy atom. The molecule has 27 heavy (non-hydrogen) atoms. The maximum atomic E-state index is 13.6. The third-order valence-corrected chi connectivity index (χ3v) is 4.60. The third kappa shape index (κ3) is 4.55. The number of rotatable bonds is 4. The van der Waals surface area contributed by atoms with E-state index in [4.69, 9.17) is 4.74 Å². The van der Waals surface area contributed by atoms with Crippen molar-refractivity contribution in [1.82, 2.24) is 10.2 Å². The highest BCUT2D eigenvalue weighted by Gasteiger charge is 2.26. The zero-order valence-corrected chi connectivity index (χ0v) is 15.2. The highest BCUT2D eigenvalue weighted by molar-refractivity contribution is 6.35. The summed E-state index contributed by atoms with van der Waals surface area (Å²) in [4.78, 5) is 28.1. The second kappa shape index (κ2) is 8.53. The number of piperazine rings is 1. The molecule has 2 aromatic carbocycles. The van der Waals surface area contributed by atoms with Gasteiger partial charge in [0, 0.05) is 44.0 Å². The van der Waals surface area contributed by atoms with Crippen LogP contribution in [0.3, 0.4) is 0 Å². The first-order valence-electron chi connectivity index (χ1n) is 8.78. The van der Waals surface area contributed by atoms with Crippen LogP contribution >= 0.6 is 0 Å². The molecule has 142 valence electrons. The first-order valence-corrected chi connectivity index (χ1v) is 8.78. The second-order valence-corrected chi connectivity index (χ2v) is 6.25. The molecule has 2 amide bonds. The molecule has 3 rings (SSSR count). The number of methoxy groups -OCH3 is 1. The minimum Gasteiger partial charge on any atom is -0.497 e. The van der Waals surface area contributed by atoms with E-state index in [1.165, 1.54) is 11.0 Å². The number of carbonyl (C=O) groups is 2. The van der Waals surface area contributed by atoms with Gasteiger partial charge in [0.2, 0.25) is 0 Å². The van der Waals surface area contributed by atoms with E-state index in [0.29, 0.717) is 31.7 Å². The van der Waals surface area contributed by atoms with E-state index < -0.39 is 17.6 Å². The highest BCUT2D eigenvalue weighted by Crippen LogP contribution is 2.20. The summed E-state index contributed by atoms with van der Waals surface area (Å²) in [7, 11) is 1.62. The fourth-order valence-corrected chi connectivity index (χ4v) is 3.00. The number of carbonyl (C=O) groups excluding carboxylic acids is 2. The Morgan fingerprint density at radius 1 is 1.04 bits per heavy atom. The van der Waals surface area contributed by atoms with Gasteiger partial charge < -0.3 is 19.9 Å². The molecule has 1 aliphatic heterocycles. The Hall–Kier alpha value is -3.09. The number of anilines is 1. The predicted octanol–water partition coefficient (Wildman–Crippen LogP) is 1.80. The monoisotopic (exact) mass is 371 g/mol. The third-order valence-electron chi connectivity index (χ3n) is 4.60. The van der Waals surface area contributed by atoms with Crippen LogP contribution in [0.5, 0.6) is 5.75 Å². The Bertz CT molecular complexity index is 802. The number of amides is 2. The standard InChI is InChI=1S/C20H22FN3O3/c1-27-17-8-6-16(7-9-17)23-10-12-24(13-11-23)20(26)19(25)22-14-15-4-2-3-5-18(15)21/h2-9H,10-14H2,1H3,(H,22,25). The molecular weight excluding hydrogens is 349 g/mol. The molecular formula is C20H22FN3O3. The van der Waals surface area contributed by atoms with Gasteiger partial charge in [-0.05, 0) is 30.3 Å². The number of hydrogen-bond donors (Lipinski definition) is 1. The predicted molar refractivity (Wildman–Crippen MR) is 100 cm³/mol. The molecule has 0 bridgehead atoms. The number of ether oxygens (including phenoxy) is 1. The molecule has 0 spiro atoms. The Morgan fingerprint density at radius 3 is 2.33 bits per heavy atom. The zero-order valence-electron chi connectivity index (χ0n) is 15.2. The molecule has 1 aliphatic rings. The minimum atomic E-state index is -0.712. The van der Waals surface area contributed by atoms with Crippen LogP contribution in [0.1, 0.15) is 5.56 Å². The average molecular weight is 371 g/mol. The lowest BCUT2D eigenvalue weighted by Crippen LogP contribution is -2.52. The fraction of sp³-hybridized carbons (Fsp3) is 0.300. The van der Waals surface area contributed by atoms with Crippen LogP contribution in [0, 0.1) is 5.82 Å². The van der Waals surface area contributed by atoms with Crippen molar-refractivity contribution in [2.45, 2.75) is 6.54 Å². The lowest BCUT2D eigenvalue weighted by atomic mass is 10.2. The van der Waals surface area contributed by atoms with Crippen molar-refractivity contribution in [3.05, 3.63) is 59.9 Å². The lowest BCUT2D eigenvalue weighted by Gasteiger charge is -2.35. The SMILES string of the molecule is COc1ccc(N2CCN(C(=O)C(=O)NCc3ccccc3F)CC2)cc1. The van der Waals surface area contributed by atoms with Crippen LogP contribution in [-0.2, 0) is 16.1 Å². The number of hydrogen-bond acceptors (Lipinski definition) is 4. The lowest BCUT2D eigenvalue weighted by molar-refractivity contribution is -0.146. The fourth-order valence-electron chi connectivity index (χ4n) is 3.00. The van der Waals surface area contributed by atoms with Gasteiger partial charge in [-0.15, -0.1) is 0 Å². The van der Waals surface area contributed by atoms with E-state index in [1.54, 1.807) is 25.3 Å². The number of nitrogens with one attached hydrogen (secondary N) is 1. The summed E-state index contributed by atoms with van der Waals surface area (Å²) >= 11 is 0. The topological polar surface area (TPSA) is 61.9 Å². The van der Waals surface area contributed by atoms with Gasteiger partial charge in [0.15, 0.2) is 0 Å². The van der Waals surface area contributed by atoms with E-state index in [9.17, 15) is 14.0 Å². The van der Waals surface area contributed by atoms with Crippen LogP contribution < -0.4 is 15.0 Å². The van der Waals surface area contributed by atoms with E-state index in [0.717, 1.165) is 11.4 Å². The summed E-state index contributed by atoms with van der Waals surface area (Å²) in [6, 6.07) is 13.9. The number of nitrogens with zero attached hydrogens (tertiary/aromatic N) is 2. The Kier molecular flexibility index (Phi) is 5.90. The van der Waals surface area contributed by atoms with Crippen molar-refractivity contribution in [2.75, 3.05) is 38.2 Å². The van der Waals surface area contributed by atoms with Crippen molar-refractivity contribution in [3.8, 4) is 5.75 Å². The molecule has 7 heteroatoms. The van der Waals surface area contributed by atoms with E-state index >= 15 is 0 Å². The Balaban J connectivity index is 1.50. The van der Waals surface area contributed by atoms with Crippen LogP contribution in [0.2, 0.25) is 0 Å². The summed E-state index contributed by atoms with van der Waals surface area (Å²) in [6.45, 7) is 2.18. The summed E-state index contributed by atoms with van der Waals surface area (Å²) in [5.74, 6) is -0.908. The van der Waals surface area contributed by atoms with Gasteiger partial charge in [-0.1, -0.05) is 18.2 Å². The summed E-state index contributed by atoms with van der Waals surface area (Å²) in [6.07, 6.45) is 0. The van der Waals surface area contributed by atoms with Crippen molar-refractivity contribution < 1.29 is 18.7 Å². The van der Waals surface area contributed by atoms with Gasteiger partial charge in [0.05, 0.1) is 7.11 Å². The molecule has 1 saturated heterocycles. The van der Waals surface area contributed by atoms with Crippen molar-refractivity contribution in [3.63, 3.8) is 0 Å². The summed E-state index contributed by atoms with van der Waals surface area (Å²) in [5.41, 5.74) is 1.40. The molecule has 0 unspecified atom stereocenters. The largest absolute Gasteiger partial charge is 0.497 e. The van der Waals surface area contributed by atoms with Gasteiger partial charge in [0.1, 0.15) is 11.6 Å². The second-order valence-electron chi connectivity index (χ2n) is 6.25. The molecule has 0 aromatic heterocycles. The number of benzene rings is 2. The van der Waals surface area contributed by atoms with Crippen LogP contribution in [0.4, 0.5) is 10.1 Å². The maximum absolute atomic E-state index is 13.6. The molecule has 1 fully saturated rings. The highest BCUT2D eigenvalue weighted by atomic mass is 19.1. The van der Waals surface area contributed by atoms with Gasteiger partial charge in [0.25, 0.3) is 0 Å². The zero-order chi connectivity index (χ0) is 19.2. The normalized spacial score (nSPS) is 14.0. The van der Waals surface area contributed by atoms with Crippen molar-refractivity contribution >= 4 is 17.5 Å². The smallest absolute Gasteiger partial charge is 0.312 e. The maximum Gasteiger partial charge on any atom is 0.312 e. The van der Waals surface area contributed by atoms with E-state index in [2.05, 4.69) is 10.2 Å². The molecule has 1 heterocycles. The molecule has 0 saturated carbocycles. The van der Waals surface area contributed by atoms with Crippen molar-refractivity contribution in [1.29, 1.82) is 0 Å². The van der Waals surface area contributed by atoms with Gasteiger partial charge >= 0.3 is 11.8 Å². The molecule has 1 N–H and O–H groups in total. The van der Waals surface area contributed by atoms with Gasteiger partial charge in [-0.2, -0.15) is 0 Å². The Labute approximate surface area is 157 Å². The van der Waals surface area contributed by atoms with Crippen LogP contribution in [0.15, 0.2) is 48.5 Å². The average Bonchev–Trinajstić information content (AvgIpc) is 2.72. The summed E-state index contributed by atoms with van der Waals surface area (Å²) < 4.78 is 18.7.